The van der Waals surface area contributed by atoms with Crippen molar-refractivity contribution < 1.29 is 14.3 Å². The van der Waals surface area contributed by atoms with Crippen LogP contribution >= 0.6 is 0 Å². The van der Waals surface area contributed by atoms with Crippen LogP contribution in [0.25, 0.3) is 0 Å². The summed E-state index contributed by atoms with van der Waals surface area (Å²) in [6.07, 6.45) is 3.54. The number of urea groups is 1. The number of ether oxygens (including phenoxy) is 1. The number of nitrogens with one attached hydrogen (secondary N) is 1. The third-order valence-electron chi connectivity index (χ3n) is 3.54. The lowest BCUT2D eigenvalue weighted by Crippen LogP contribution is -2.37. The maximum Gasteiger partial charge on any atom is 0.321 e. The lowest BCUT2D eigenvalue weighted by Gasteiger charge is -2.21. The number of carbonyl (C=O) groups excluding carboxylic acids is 2. The van der Waals surface area contributed by atoms with Gasteiger partial charge in [-0.2, -0.15) is 5.10 Å². The van der Waals surface area contributed by atoms with Crippen molar-refractivity contribution in [2.24, 2.45) is 5.73 Å². The van der Waals surface area contributed by atoms with Gasteiger partial charge in [-0.25, -0.2) is 4.79 Å². The normalized spacial score (nSPS) is 10.2. The molecule has 3 amide bonds. The Kier molecular flexibility index (Phi) is 5.78. The minimum absolute atomic E-state index is 0.217. The number of aromatic nitrogens is 2. The van der Waals surface area contributed by atoms with Gasteiger partial charge >= 0.3 is 6.03 Å². The molecule has 0 radical (unpaired) electrons. The highest BCUT2D eigenvalue weighted by atomic mass is 16.5. The molecule has 1 aromatic heterocycles. The van der Waals surface area contributed by atoms with Crippen LogP contribution in [0.1, 0.15) is 17.3 Å². The van der Waals surface area contributed by atoms with Crippen LogP contribution in [0.15, 0.2) is 36.7 Å². The van der Waals surface area contributed by atoms with Crippen LogP contribution in [0, 0.1) is 0 Å². The average molecular weight is 331 g/mol. The molecule has 0 aliphatic carbocycles. The topological polar surface area (TPSA) is 102 Å². The summed E-state index contributed by atoms with van der Waals surface area (Å²) in [6, 6.07) is 6.32. The molecule has 2 rings (SSSR count). The molecule has 2 aromatic rings. The monoisotopic (exact) mass is 331 g/mol. The highest BCUT2D eigenvalue weighted by molar-refractivity contribution is 5.98. The molecule has 0 saturated heterocycles. The quantitative estimate of drug-likeness (QED) is 0.803. The van der Waals surface area contributed by atoms with Gasteiger partial charge in [0.2, 0.25) is 0 Å². The van der Waals surface area contributed by atoms with E-state index in [0.717, 1.165) is 0 Å². The van der Waals surface area contributed by atoms with E-state index in [-0.39, 0.29) is 11.6 Å². The van der Waals surface area contributed by atoms with Crippen LogP contribution < -0.4 is 15.8 Å². The number of hydrogen-bond donors (Lipinski definition) is 2. The maximum absolute atomic E-state index is 12.4. The largest absolute Gasteiger partial charge is 0.496 e. The standard InChI is InChI=1S/C16H21N5O3/c1-3-20(9-10-21-8-4-7-18-21)16(23)19-12-5-6-14(24-2)13(11-12)15(17)22/h4-8,11H,3,9-10H2,1-2H3,(H2,17,22)(H,19,23). The third-order valence-corrected chi connectivity index (χ3v) is 3.54. The lowest BCUT2D eigenvalue weighted by molar-refractivity contribution is 0.0997. The van der Waals surface area contributed by atoms with Crippen molar-refractivity contribution in [3.8, 4) is 5.75 Å². The highest BCUT2D eigenvalue weighted by Crippen LogP contribution is 2.22. The fourth-order valence-corrected chi connectivity index (χ4v) is 2.24. The number of primary amides is 1. The van der Waals surface area contributed by atoms with Crippen LogP contribution in [0.3, 0.4) is 0 Å². The van der Waals surface area contributed by atoms with Gasteiger partial charge in [-0.15, -0.1) is 0 Å². The van der Waals surface area contributed by atoms with Crippen LogP contribution in [0.4, 0.5) is 10.5 Å². The third kappa shape index (κ3) is 4.25. The summed E-state index contributed by atoms with van der Waals surface area (Å²) in [4.78, 5) is 25.5. The number of benzene rings is 1. The molecular weight excluding hydrogens is 310 g/mol. The molecule has 0 unspecified atom stereocenters. The van der Waals surface area contributed by atoms with Gasteiger partial charge in [0.15, 0.2) is 0 Å². The zero-order valence-electron chi connectivity index (χ0n) is 13.7. The molecule has 0 fully saturated rings. The summed E-state index contributed by atoms with van der Waals surface area (Å²) in [6.45, 7) is 3.56. The number of carbonyl (C=O) groups is 2. The molecule has 24 heavy (non-hydrogen) atoms. The van der Waals surface area contributed by atoms with Gasteiger partial charge in [-0.1, -0.05) is 0 Å². The van der Waals surface area contributed by atoms with E-state index in [2.05, 4.69) is 10.4 Å². The number of amides is 3. The molecule has 3 N–H and O–H groups in total. The molecule has 0 spiro atoms. The Morgan fingerprint density at radius 2 is 2.21 bits per heavy atom. The second kappa shape index (κ2) is 8.00. The number of anilines is 1. The van der Waals surface area contributed by atoms with Crippen molar-refractivity contribution in [1.82, 2.24) is 14.7 Å². The molecule has 8 heteroatoms. The molecule has 0 aliphatic rings. The van der Waals surface area contributed by atoms with Crippen molar-refractivity contribution >= 4 is 17.6 Å². The van der Waals surface area contributed by atoms with Crippen LogP contribution in [0.2, 0.25) is 0 Å². The second-order valence-electron chi connectivity index (χ2n) is 5.06. The Morgan fingerprint density at radius 3 is 2.79 bits per heavy atom. The van der Waals surface area contributed by atoms with Crippen LogP contribution in [-0.4, -0.2) is 46.8 Å². The van der Waals surface area contributed by atoms with Gasteiger partial charge in [0.05, 0.1) is 19.2 Å². The molecule has 0 atom stereocenters. The lowest BCUT2D eigenvalue weighted by atomic mass is 10.1. The van der Waals surface area contributed by atoms with Gasteiger partial charge in [0.1, 0.15) is 5.75 Å². The zero-order valence-corrected chi connectivity index (χ0v) is 13.7. The number of nitrogens with zero attached hydrogens (tertiary/aromatic N) is 3. The number of hydrogen-bond acceptors (Lipinski definition) is 4. The first kappa shape index (κ1) is 17.3. The van der Waals surface area contributed by atoms with Crippen molar-refractivity contribution in [2.45, 2.75) is 13.5 Å². The molecule has 128 valence electrons. The number of rotatable bonds is 7. The molecule has 8 nitrogen and oxygen atoms in total. The fourth-order valence-electron chi connectivity index (χ4n) is 2.24. The maximum atomic E-state index is 12.4. The summed E-state index contributed by atoms with van der Waals surface area (Å²) < 4.78 is 6.84. The minimum atomic E-state index is -0.617. The summed E-state index contributed by atoms with van der Waals surface area (Å²) >= 11 is 0. The van der Waals surface area contributed by atoms with Crippen molar-refractivity contribution in [3.05, 3.63) is 42.2 Å². The van der Waals surface area contributed by atoms with Gasteiger partial charge in [-0.3, -0.25) is 9.48 Å². The van der Waals surface area contributed by atoms with E-state index in [1.54, 1.807) is 27.9 Å². The number of likely N-dealkylation sites (N-methyl/N-ethyl adjacent to an activating group) is 1. The van der Waals surface area contributed by atoms with Crippen LogP contribution in [-0.2, 0) is 6.54 Å². The van der Waals surface area contributed by atoms with E-state index in [1.165, 1.54) is 13.2 Å². The molecule has 0 bridgehead atoms. The molecular formula is C16H21N5O3. The number of methoxy groups -OCH3 is 1. The first-order chi connectivity index (χ1) is 11.5. The van der Waals surface area contributed by atoms with E-state index < -0.39 is 5.91 Å². The Bertz CT molecular complexity index is 700. The Hall–Kier alpha value is -3.03. The summed E-state index contributed by atoms with van der Waals surface area (Å²) in [5.74, 6) is -0.250. The number of nitrogens with two attached hydrogens (primary N) is 1. The Balaban J connectivity index is 2.04. The fraction of sp³-hybridized carbons (Fsp3) is 0.312. The molecule has 0 saturated carbocycles. The predicted molar refractivity (Wildman–Crippen MR) is 90.0 cm³/mol. The zero-order chi connectivity index (χ0) is 17.5. The predicted octanol–water partition coefficient (Wildman–Crippen LogP) is 1.54. The smallest absolute Gasteiger partial charge is 0.321 e. The van der Waals surface area contributed by atoms with E-state index >= 15 is 0 Å². The minimum Gasteiger partial charge on any atom is -0.496 e. The average Bonchev–Trinajstić information content (AvgIpc) is 3.08. The first-order valence-electron chi connectivity index (χ1n) is 7.56. The molecule has 1 heterocycles. The van der Waals surface area contributed by atoms with Crippen molar-refractivity contribution in [3.63, 3.8) is 0 Å². The van der Waals surface area contributed by atoms with Crippen molar-refractivity contribution in [2.75, 3.05) is 25.5 Å². The van der Waals surface area contributed by atoms with Gasteiger partial charge in [0.25, 0.3) is 5.91 Å². The summed E-state index contributed by atoms with van der Waals surface area (Å²) in [5.41, 5.74) is 6.02. The van der Waals surface area contributed by atoms with Gasteiger partial charge in [-0.05, 0) is 31.2 Å². The van der Waals surface area contributed by atoms with E-state index in [4.69, 9.17) is 10.5 Å². The first-order valence-corrected chi connectivity index (χ1v) is 7.56. The van der Waals surface area contributed by atoms with Crippen molar-refractivity contribution in [1.29, 1.82) is 0 Å². The highest BCUT2D eigenvalue weighted by Gasteiger charge is 2.14. The SMILES string of the molecule is CCN(CCn1cccn1)C(=O)Nc1ccc(OC)c(C(N)=O)c1. The van der Waals surface area contributed by atoms with E-state index in [0.29, 0.717) is 31.1 Å². The van der Waals surface area contributed by atoms with Gasteiger partial charge in [0, 0.05) is 31.2 Å². The van der Waals surface area contributed by atoms with E-state index in [9.17, 15) is 9.59 Å². The Labute approximate surface area is 140 Å². The summed E-state index contributed by atoms with van der Waals surface area (Å²) in [7, 11) is 1.45. The Morgan fingerprint density at radius 1 is 1.42 bits per heavy atom. The van der Waals surface area contributed by atoms with E-state index in [1.807, 2.05) is 19.2 Å². The summed E-state index contributed by atoms with van der Waals surface area (Å²) in [5, 5.41) is 6.87. The molecule has 0 aliphatic heterocycles. The van der Waals surface area contributed by atoms with Crippen LogP contribution in [0.5, 0.6) is 5.75 Å². The second-order valence-corrected chi connectivity index (χ2v) is 5.06. The molecule has 1 aromatic carbocycles. The van der Waals surface area contributed by atoms with Gasteiger partial charge < -0.3 is 20.7 Å².